The van der Waals surface area contributed by atoms with Crippen LogP contribution in [0.4, 0.5) is 5.69 Å². The van der Waals surface area contributed by atoms with Gasteiger partial charge in [0.1, 0.15) is 0 Å². The number of rotatable bonds is 2. The van der Waals surface area contributed by atoms with Crippen molar-refractivity contribution in [1.82, 2.24) is 0 Å². The largest absolute Gasteiger partial charge is 0.385 e. The Morgan fingerprint density at radius 2 is 1.70 bits per heavy atom. The molecule has 2 aliphatic heterocycles. The number of sulfone groups is 1. The molecule has 1 N–H and O–H groups in total. The Labute approximate surface area is 120 Å². The average molecular weight is 295 g/mol. The molecule has 0 radical (unpaired) electrons. The lowest BCUT2D eigenvalue weighted by atomic mass is 9.84. The second-order valence-corrected chi connectivity index (χ2v) is 8.77. The summed E-state index contributed by atoms with van der Waals surface area (Å²) >= 11 is 0. The smallest absolute Gasteiger partial charge is 0.156 e. The normalized spacial score (nSPS) is 35.0. The molecule has 0 spiro atoms. The van der Waals surface area contributed by atoms with E-state index in [-0.39, 0.29) is 10.5 Å². The summed E-state index contributed by atoms with van der Waals surface area (Å²) in [5, 5.41) is 10.3. The second kappa shape index (κ2) is 4.46. The molecule has 0 amide bonds. The molecule has 1 aromatic rings. The van der Waals surface area contributed by atoms with Crippen molar-refractivity contribution in [2.45, 2.75) is 41.8 Å². The lowest BCUT2D eigenvalue weighted by Crippen LogP contribution is -2.43. The van der Waals surface area contributed by atoms with Crippen LogP contribution >= 0.6 is 0 Å². The topological polar surface area (TPSA) is 57.6 Å². The van der Waals surface area contributed by atoms with Crippen molar-refractivity contribution >= 4 is 15.5 Å². The predicted molar refractivity (Wildman–Crippen MR) is 79.6 cm³/mol. The maximum absolute atomic E-state index is 12.2. The zero-order valence-corrected chi connectivity index (χ0v) is 12.7. The van der Waals surface area contributed by atoms with Crippen molar-refractivity contribution < 1.29 is 13.5 Å². The molecular formula is C15H21NO3S. The van der Waals surface area contributed by atoms with E-state index in [1.807, 2.05) is 43.3 Å². The Hall–Kier alpha value is -1.07. The Kier molecular flexibility index (Phi) is 3.10. The number of fused-ring (bicyclic) bond motifs is 2. The first kappa shape index (κ1) is 13.9. The van der Waals surface area contributed by atoms with Gasteiger partial charge in [-0.15, -0.1) is 0 Å². The number of hydrogen-bond donors (Lipinski definition) is 1. The minimum atomic E-state index is -3.01. The molecule has 2 aliphatic rings. The van der Waals surface area contributed by atoms with Crippen molar-refractivity contribution in [1.29, 1.82) is 0 Å². The summed E-state index contributed by atoms with van der Waals surface area (Å²) in [5.41, 5.74) is 0.809. The minimum absolute atomic E-state index is 0.330. The monoisotopic (exact) mass is 295 g/mol. The number of nitrogens with zero attached hydrogens (tertiary/aromatic N) is 1. The van der Waals surface area contributed by atoms with Gasteiger partial charge >= 0.3 is 0 Å². The summed E-state index contributed by atoms with van der Waals surface area (Å²) in [6.07, 6.45) is 2.05. The summed E-state index contributed by atoms with van der Waals surface area (Å²) in [5.74, 6) is 0. The molecule has 1 aromatic carbocycles. The van der Waals surface area contributed by atoms with Gasteiger partial charge < -0.3 is 10.0 Å². The quantitative estimate of drug-likeness (QED) is 0.902. The molecule has 2 unspecified atom stereocenters. The maximum Gasteiger partial charge on any atom is 0.156 e. The van der Waals surface area contributed by atoms with E-state index in [2.05, 4.69) is 0 Å². The number of para-hydroxylation sites is 1. The highest BCUT2D eigenvalue weighted by Crippen LogP contribution is 2.49. The third-order valence-electron chi connectivity index (χ3n) is 4.76. The van der Waals surface area contributed by atoms with Crippen LogP contribution in [0, 0.1) is 0 Å². The summed E-state index contributed by atoms with van der Waals surface area (Å²) in [6, 6.07) is 7.74. The Balaban J connectivity index is 2.04. The maximum atomic E-state index is 12.2. The van der Waals surface area contributed by atoms with Crippen LogP contribution in [0.5, 0.6) is 0 Å². The molecule has 0 saturated carbocycles. The Morgan fingerprint density at radius 3 is 2.25 bits per heavy atom. The average Bonchev–Trinajstić information content (AvgIpc) is 2.59. The zero-order chi connectivity index (χ0) is 14.5. The van der Waals surface area contributed by atoms with E-state index < -0.39 is 15.4 Å². The molecule has 20 heavy (non-hydrogen) atoms. The molecular weight excluding hydrogens is 274 g/mol. The number of benzene rings is 1. The number of aliphatic hydroxyl groups is 1. The van der Waals surface area contributed by atoms with Crippen LogP contribution in [-0.2, 0) is 15.4 Å². The summed E-state index contributed by atoms with van der Waals surface area (Å²) in [6.45, 7) is 0. The van der Waals surface area contributed by atoms with Gasteiger partial charge in [-0.05, 0) is 31.7 Å². The van der Waals surface area contributed by atoms with Gasteiger partial charge in [-0.2, -0.15) is 0 Å². The minimum Gasteiger partial charge on any atom is -0.385 e. The van der Waals surface area contributed by atoms with Gasteiger partial charge in [0.2, 0.25) is 0 Å². The molecule has 2 fully saturated rings. The van der Waals surface area contributed by atoms with Gasteiger partial charge in [0, 0.05) is 25.3 Å². The van der Waals surface area contributed by atoms with E-state index in [4.69, 9.17) is 0 Å². The van der Waals surface area contributed by atoms with Crippen molar-refractivity contribution in [3.05, 3.63) is 29.8 Å². The highest BCUT2D eigenvalue weighted by atomic mass is 32.2. The molecule has 0 aliphatic carbocycles. The lowest BCUT2D eigenvalue weighted by Gasteiger charge is -2.38. The van der Waals surface area contributed by atoms with Crippen LogP contribution in [-0.4, -0.2) is 38.1 Å². The lowest BCUT2D eigenvalue weighted by molar-refractivity contribution is 0.0178. The van der Waals surface area contributed by atoms with Crippen LogP contribution in [0.2, 0.25) is 0 Å². The fourth-order valence-electron chi connectivity index (χ4n) is 3.72. The Morgan fingerprint density at radius 1 is 1.15 bits per heavy atom. The van der Waals surface area contributed by atoms with E-state index in [1.165, 1.54) is 0 Å². The first-order chi connectivity index (χ1) is 9.34. The molecule has 2 atom stereocenters. The Bertz CT molecular complexity index is 604. The molecule has 0 aromatic heterocycles. The van der Waals surface area contributed by atoms with Crippen LogP contribution in [0.1, 0.15) is 31.2 Å². The highest BCUT2D eigenvalue weighted by Gasteiger charge is 2.53. The van der Waals surface area contributed by atoms with E-state index in [1.54, 1.807) is 0 Å². The fraction of sp³-hybridized carbons (Fsp3) is 0.600. The van der Waals surface area contributed by atoms with Gasteiger partial charge in [0.25, 0.3) is 0 Å². The molecule has 2 bridgehead atoms. The van der Waals surface area contributed by atoms with Gasteiger partial charge in [-0.1, -0.05) is 18.2 Å². The van der Waals surface area contributed by atoms with E-state index in [9.17, 15) is 13.5 Å². The van der Waals surface area contributed by atoms with Crippen LogP contribution in [0.25, 0.3) is 0 Å². The van der Waals surface area contributed by atoms with E-state index in [0.29, 0.717) is 25.7 Å². The zero-order valence-electron chi connectivity index (χ0n) is 11.9. The van der Waals surface area contributed by atoms with Crippen molar-refractivity contribution in [2.24, 2.45) is 0 Å². The SMILES string of the molecule is CN(C)c1ccccc1C1(O)CC2CCC(C1)S2(=O)=O. The molecule has 4 nitrogen and oxygen atoms in total. The molecule has 5 heteroatoms. The summed E-state index contributed by atoms with van der Waals surface area (Å²) in [4.78, 5) is 1.97. The van der Waals surface area contributed by atoms with Crippen molar-refractivity contribution in [3.63, 3.8) is 0 Å². The number of anilines is 1. The third-order valence-corrected chi connectivity index (χ3v) is 7.42. The predicted octanol–water partition coefficient (Wildman–Crippen LogP) is 1.68. The molecule has 3 rings (SSSR count). The van der Waals surface area contributed by atoms with Crippen molar-refractivity contribution in [2.75, 3.05) is 19.0 Å². The molecule has 2 heterocycles. The van der Waals surface area contributed by atoms with Gasteiger partial charge in [-0.3, -0.25) is 0 Å². The van der Waals surface area contributed by atoms with Gasteiger partial charge in [0.15, 0.2) is 9.84 Å². The molecule has 2 saturated heterocycles. The third kappa shape index (κ3) is 1.95. The van der Waals surface area contributed by atoms with E-state index in [0.717, 1.165) is 11.3 Å². The first-order valence-corrected chi connectivity index (χ1v) is 8.67. The second-order valence-electron chi connectivity index (χ2n) is 6.26. The van der Waals surface area contributed by atoms with Crippen LogP contribution in [0.15, 0.2) is 24.3 Å². The van der Waals surface area contributed by atoms with Crippen LogP contribution < -0.4 is 4.90 Å². The summed E-state index contributed by atoms with van der Waals surface area (Å²) in [7, 11) is 0.867. The number of hydrogen-bond acceptors (Lipinski definition) is 4. The van der Waals surface area contributed by atoms with Gasteiger partial charge in [0.05, 0.1) is 16.1 Å². The fourth-order valence-corrected chi connectivity index (χ4v) is 6.21. The standard InChI is InChI=1S/C15H21NO3S/c1-16(2)14-6-4-3-5-13(14)15(17)9-11-7-8-12(10-15)20(11,18)19/h3-6,11-12,17H,7-10H2,1-2H3. The van der Waals surface area contributed by atoms with Gasteiger partial charge in [-0.25, -0.2) is 8.42 Å². The van der Waals surface area contributed by atoms with E-state index >= 15 is 0 Å². The highest BCUT2D eigenvalue weighted by molar-refractivity contribution is 7.93. The summed E-state index contributed by atoms with van der Waals surface area (Å²) < 4.78 is 24.4. The first-order valence-electron chi connectivity index (χ1n) is 7.06. The van der Waals surface area contributed by atoms with Crippen molar-refractivity contribution in [3.8, 4) is 0 Å². The molecule has 110 valence electrons. The van der Waals surface area contributed by atoms with Crippen LogP contribution in [0.3, 0.4) is 0 Å².